The van der Waals surface area contributed by atoms with Crippen LogP contribution >= 0.6 is 0 Å². The zero-order valence-electron chi connectivity index (χ0n) is 5.59. The van der Waals surface area contributed by atoms with Gasteiger partial charge in [0, 0.05) is 0 Å². The van der Waals surface area contributed by atoms with Crippen molar-refractivity contribution in [2.24, 2.45) is 0 Å². The number of hydrogen-bond acceptors (Lipinski definition) is 2. The highest BCUT2D eigenvalue weighted by atomic mass is 16.4. The lowest BCUT2D eigenvalue weighted by Gasteiger charge is -1.95. The predicted octanol–water partition coefficient (Wildman–Crippen LogP) is 1.64. The number of furan rings is 1. The third-order valence-electron chi connectivity index (χ3n) is 1.17. The summed E-state index contributed by atoms with van der Waals surface area (Å²) in [7, 11) is 0. The van der Waals surface area contributed by atoms with Gasteiger partial charge in [0.25, 0.3) is 0 Å². The first-order chi connectivity index (χ1) is 4.20. The lowest BCUT2D eigenvalue weighted by Crippen LogP contribution is -1.85. The van der Waals surface area contributed by atoms with Crippen LogP contribution in [0, 0.1) is 6.92 Å². The fraction of sp³-hybridized carbons (Fsp3) is 0.429. The highest BCUT2D eigenvalue weighted by molar-refractivity contribution is 5.06. The average molecular weight is 126 g/mol. The minimum atomic E-state index is -0.487. The number of rotatable bonds is 1. The molecule has 0 aliphatic carbocycles. The minimum absolute atomic E-state index is 0.487. The summed E-state index contributed by atoms with van der Waals surface area (Å²) in [6.07, 6.45) is -0.487. The van der Waals surface area contributed by atoms with Crippen LogP contribution in [0.15, 0.2) is 16.5 Å². The Bertz CT molecular complexity index is 189. The maximum atomic E-state index is 8.94. The summed E-state index contributed by atoms with van der Waals surface area (Å²) in [6, 6.07) is 3.61. The predicted molar refractivity (Wildman–Crippen MR) is 34.1 cm³/mol. The molecule has 0 unspecified atom stereocenters. The molecule has 0 aromatic carbocycles. The quantitative estimate of drug-likeness (QED) is 0.620. The van der Waals surface area contributed by atoms with Crippen LogP contribution in [0.5, 0.6) is 0 Å². The van der Waals surface area contributed by atoms with Crippen molar-refractivity contribution in [1.82, 2.24) is 0 Å². The highest BCUT2D eigenvalue weighted by Crippen LogP contribution is 2.14. The molecule has 2 heteroatoms. The van der Waals surface area contributed by atoms with Crippen molar-refractivity contribution in [2.75, 3.05) is 0 Å². The van der Waals surface area contributed by atoms with Crippen LogP contribution in [0.4, 0.5) is 0 Å². The Morgan fingerprint density at radius 2 is 2.22 bits per heavy atom. The summed E-state index contributed by atoms with van der Waals surface area (Å²) in [6.45, 7) is 3.53. The molecule has 1 N–H and O–H groups in total. The van der Waals surface area contributed by atoms with E-state index in [0.29, 0.717) is 5.76 Å². The zero-order chi connectivity index (χ0) is 6.85. The van der Waals surface area contributed by atoms with E-state index < -0.39 is 6.10 Å². The normalized spacial score (nSPS) is 13.7. The van der Waals surface area contributed by atoms with Crippen molar-refractivity contribution in [3.63, 3.8) is 0 Å². The highest BCUT2D eigenvalue weighted by Gasteiger charge is 2.02. The van der Waals surface area contributed by atoms with Gasteiger partial charge in [-0.3, -0.25) is 0 Å². The van der Waals surface area contributed by atoms with Crippen molar-refractivity contribution in [3.05, 3.63) is 23.7 Å². The second-order valence-electron chi connectivity index (χ2n) is 2.12. The standard InChI is InChI=1S/C7H10O2/c1-5-3-4-7(9-5)6(2)8/h3-4,6,8H,1-2H3/t6-/m0/s1. The Labute approximate surface area is 54.1 Å². The van der Waals surface area contributed by atoms with Crippen molar-refractivity contribution in [2.45, 2.75) is 20.0 Å². The Kier molecular flexibility index (Phi) is 1.58. The largest absolute Gasteiger partial charge is 0.464 e. The summed E-state index contributed by atoms with van der Waals surface area (Å²) in [5.74, 6) is 1.47. The first-order valence-corrected chi connectivity index (χ1v) is 2.94. The first kappa shape index (κ1) is 6.36. The van der Waals surface area contributed by atoms with Crippen LogP contribution in [0.3, 0.4) is 0 Å². The molecule has 1 heterocycles. The maximum absolute atomic E-state index is 8.94. The summed E-state index contributed by atoms with van der Waals surface area (Å²) in [4.78, 5) is 0. The summed E-state index contributed by atoms with van der Waals surface area (Å²) in [5.41, 5.74) is 0. The minimum Gasteiger partial charge on any atom is -0.464 e. The third kappa shape index (κ3) is 1.33. The van der Waals surface area contributed by atoms with Gasteiger partial charge in [-0.2, -0.15) is 0 Å². The number of hydrogen-bond donors (Lipinski definition) is 1. The summed E-state index contributed by atoms with van der Waals surface area (Å²) in [5, 5.41) is 8.94. The molecule has 0 fully saturated rings. The topological polar surface area (TPSA) is 33.4 Å². The molecule has 9 heavy (non-hydrogen) atoms. The molecule has 0 spiro atoms. The molecular weight excluding hydrogens is 116 g/mol. The van der Waals surface area contributed by atoms with Gasteiger partial charge in [-0.1, -0.05) is 0 Å². The molecule has 0 bridgehead atoms. The number of aliphatic hydroxyl groups is 1. The van der Waals surface area contributed by atoms with Gasteiger partial charge in [-0.05, 0) is 26.0 Å². The van der Waals surface area contributed by atoms with Crippen molar-refractivity contribution in [1.29, 1.82) is 0 Å². The lowest BCUT2D eigenvalue weighted by atomic mass is 10.3. The van der Waals surface area contributed by atoms with Gasteiger partial charge in [0.15, 0.2) is 0 Å². The number of aryl methyl sites for hydroxylation is 1. The third-order valence-corrected chi connectivity index (χ3v) is 1.17. The van der Waals surface area contributed by atoms with Gasteiger partial charge >= 0.3 is 0 Å². The summed E-state index contributed by atoms with van der Waals surface area (Å²) >= 11 is 0. The molecule has 1 aromatic rings. The van der Waals surface area contributed by atoms with E-state index in [0.717, 1.165) is 5.76 Å². The second kappa shape index (κ2) is 2.23. The van der Waals surface area contributed by atoms with E-state index in [-0.39, 0.29) is 0 Å². The van der Waals surface area contributed by atoms with Gasteiger partial charge in [-0.25, -0.2) is 0 Å². The van der Waals surface area contributed by atoms with Crippen LogP contribution in [-0.2, 0) is 0 Å². The Morgan fingerprint density at radius 1 is 1.56 bits per heavy atom. The fourth-order valence-electron chi connectivity index (χ4n) is 0.678. The molecule has 0 saturated heterocycles. The summed E-state index contributed by atoms with van der Waals surface area (Å²) < 4.78 is 5.09. The van der Waals surface area contributed by atoms with E-state index in [1.54, 1.807) is 13.0 Å². The van der Waals surface area contributed by atoms with Crippen LogP contribution in [-0.4, -0.2) is 5.11 Å². The molecule has 1 rings (SSSR count). The van der Waals surface area contributed by atoms with E-state index in [4.69, 9.17) is 9.52 Å². The van der Waals surface area contributed by atoms with Crippen molar-refractivity contribution in [3.8, 4) is 0 Å². The van der Waals surface area contributed by atoms with E-state index >= 15 is 0 Å². The number of aliphatic hydroxyl groups excluding tert-OH is 1. The second-order valence-corrected chi connectivity index (χ2v) is 2.12. The Morgan fingerprint density at radius 3 is 2.44 bits per heavy atom. The van der Waals surface area contributed by atoms with Crippen LogP contribution in [0.2, 0.25) is 0 Å². The van der Waals surface area contributed by atoms with E-state index in [1.807, 2.05) is 13.0 Å². The van der Waals surface area contributed by atoms with Gasteiger partial charge in [0.1, 0.15) is 17.6 Å². The maximum Gasteiger partial charge on any atom is 0.132 e. The van der Waals surface area contributed by atoms with E-state index in [1.165, 1.54) is 0 Å². The van der Waals surface area contributed by atoms with Crippen molar-refractivity contribution < 1.29 is 9.52 Å². The molecule has 2 nitrogen and oxygen atoms in total. The molecule has 0 amide bonds. The molecule has 1 aromatic heterocycles. The molecule has 1 atom stereocenters. The Balaban J connectivity index is 2.85. The lowest BCUT2D eigenvalue weighted by molar-refractivity contribution is 0.168. The van der Waals surface area contributed by atoms with Crippen LogP contribution < -0.4 is 0 Å². The van der Waals surface area contributed by atoms with Gasteiger partial charge in [0.05, 0.1) is 0 Å². The molecule has 50 valence electrons. The van der Waals surface area contributed by atoms with Crippen molar-refractivity contribution >= 4 is 0 Å². The van der Waals surface area contributed by atoms with Crippen LogP contribution in [0.1, 0.15) is 24.5 Å². The van der Waals surface area contributed by atoms with Crippen LogP contribution in [0.25, 0.3) is 0 Å². The molecule has 0 aliphatic heterocycles. The van der Waals surface area contributed by atoms with E-state index in [2.05, 4.69) is 0 Å². The van der Waals surface area contributed by atoms with Gasteiger partial charge < -0.3 is 9.52 Å². The zero-order valence-corrected chi connectivity index (χ0v) is 5.59. The first-order valence-electron chi connectivity index (χ1n) is 2.94. The Hall–Kier alpha value is -0.760. The van der Waals surface area contributed by atoms with Gasteiger partial charge in [-0.15, -0.1) is 0 Å². The molecule has 0 radical (unpaired) electrons. The molecular formula is C7H10O2. The molecule has 0 saturated carbocycles. The average Bonchev–Trinajstić information content (AvgIpc) is 2.14. The SMILES string of the molecule is Cc1ccc([C@H](C)O)o1. The van der Waals surface area contributed by atoms with Gasteiger partial charge in [0.2, 0.25) is 0 Å². The monoisotopic (exact) mass is 126 g/mol. The smallest absolute Gasteiger partial charge is 0.132 e. The fourth-order valence-corrected chi connectivity index (χ4v) is 0.678. The molecule has 0 aliphatic rings. The van der Waals surface area contributed by atoms with E-state index in [9.17, 15) is 0 Å².